The second-order valence-corrected chi connectivity index (χ2v) is 6.73. The molecule has 2 amide bonds. The van der Waals surface area contributed by atoms with Crippen molar-refractivity contribution in [3.8, 4) is 0 Å². The van der Waals surface area contributed by atoms with Gasteiger partial charge in [-0.15, -0.1) is 0 Å². The number of carbonyl (C=O) groups excluding carboxylic acids is 1. The van der Waals surface area contributed by atoms with Crippen LogP contribution in [0.3, 0.4) is 0 Å². The number of para-hydroxylation sites is 1. The minimum absolute atomic E-state index is 0.00738. The summed E-state index contributed by atoms with van der Waals surface area (Å²) in [4.78, 5) is 16.8. The first-order chi connectivity index (χ1) is 10.2. The van der Waals surface area contributed by atoms with Crippen molar-refractivity contribution in [3.63, 3.8) is 0 Å². The number of rotatable bonds is 2. The van der Waals surface area contributed by atoms with Crippen molar-refractivity contribution < 1.29 is 4.79 Å². The normalized spacial score (nSPS) is 20.7. The van der Waals surface area contributed by atoms with E-state index in [-0.39, 0.29) is 6.03 Å². The van der Waals surface area contributed by atoms with Crippen molar-refractivity contribution in [2.45, 2.75) is 31.7 Å². The number of nitrogens with zero attached hydrogens (tertiary/aromatic N) is 2. The third-order valence-corrected chi connectivity index (χ3v) is 5.25. The number of urea groups is 1. The van der Waals surface area contributed by atoms with E-state index in [4.69, 9.17) is 0 Å². The van der Waals surface area contributed by atoms with E-state index in [0.29, 0.717) is 0 Å². The van der Waals surface area contributed by atoms with Crippen LogP contribution in [0.25, 0.3) is 0 Å². The average molecular weight is 352 g/mol. The van der Waals surface area contributed by atoms with E-state index in [1.54, 1.807) is 0 Å². The fraction of sp³-hybridized carbons (Fsp3) is 0.562. The van der Waals surface area contributed by atoms with Gasteiger partial charge in [0, 0.05) is 36.7 Å². The van der Waals surface area contributed by atoms with E-state index in [0.717, 1.165) is 42.4 Å². The average Bonchev–Trinajstić information content (AvgIpc) is 3.04. The van der Waals surface area contributed by atoms with Crippen LogP contribution < -0.4 is 5.32 Å². The van der Waals surface area contributed by atoms with E-state index in [1.165, 1.54) is 25.7 Å². The molecule has 1 N–H and O–H groups in total. The van der Waals surface area contributed by atoms with Crippen LogP contribution in [0.15, 0.2) is 28.7 Å². The lowest BCUT2D eigenvalue weighted by molar-refractivity contribution is 0.115. The SMILES string of the molecule is O=C(Nc1ccccc1Br)N1CCN(C2CCCC2)CC1. The second-order valence-electron chi connectivity index (χ2n) is 5.87. The smallest absolute Gasteiger partial charge is 0.321 e. The van der Waals surface area contributed by atoms with Crippen LogP contribution in [0, 0.1) is 0 Å². The largest absolute Gasteiger partial charge is 0.322 e. The Morgan fingerprint density at radius 1 is 1.10 bits per heavy atom. The fourth-order valence-electron chi connectivity index (χ4n) is 3.32. The molecule has 0 radical (unpaired) electrons. The summed E-state index contributed by atoms with van der Waals surface area (Å²) in [6, 6.07) is 8.49. The van der Waals surface area contributed by atoms with Gasteiger partial charge in [-0.3, -0.25) is 4.90 Å². The minimum atomic E-state index is 0.00738. The summed E-state index contributed by atoms with van der Waals surface area (Å²) in [5.74, 6) is 0. The molecule has 2 aliphatic rings. The quantitative estimate of drug-likeness (QED) is 0.884. The van der Waals surface area contributed by atoms with Gasteiger partial charge in [-0.25, -0.2) is 4.79 Å². The predicted molar refractivity (Wildman–Crippen MR) is 88.6 cm³/mol. The molecule has 3 rings (SSSR count). The molecule has 0 unspecified atom stereocenters. The number of anilines is 1. The van der Waals surface area contributed by atoms with E-state index in [9.17, 15) is 4.79 Å². The van der Waals surface area contributed by atoms with Gasteiger partial charge >= 0.3 is 6.03 Å². The molecule has 1 saturated carbocycles. The zero-order valence-corrected chi connectivity index (χ0v) is 13.8. The predicted octanol–water partition coefficient (Wildman–Crippen LogP) is 3.54. The molecule has 0 bridgehead atoms. The third kappa shape index (κ3) is 3.58. The molecule has 2 fully saturated rings. The van der Waals surface area contributed by atoms with E-state index in [2.05, 4.69) is 26.1 Å². The lowest BCUT2D eigenvalue weighted by atomic mass is 10.2. The number of amides is 2. The number of halogens is 1. The van der Waals surface area contributed by atoms with Gasteiger partial charge in [0.15, 0.2) is 0 Å². The maximum atomic E-state index is 12.3. The Labute approximate surface area is 134 Å². The topological polar surface area (TPSA) is 35.6 Å². The second kappa shape index (κ2) is 6.79. The van der Waals surface area contributed by atoms with Gasteiger partial charge in [0.05, 0.1) is 5.69 Å². The molecule has 1 aliphatic heterocycles. The summed E-state index contributed by atoms with van der Waals surface area (Å²) in [5.41, 5.74) is 0.834. The maximum Gasteiger partial charge on any atom is 0.321 e. The Morgan fingerprint density at radius 2 is 1.76 bits per heavy atom. The van der Waals surface area contributed by atoms with Crippen LogP contribution in [-0.2, 0) is 0 Å². The Balaban J connectivity index is 1.52. The van der Waals surface area contributed by atoms with Crippen LogP contribution in [0.1, 0.15) is 25.7 Å². The Hall–Kier alpha value is -1.07. The van der Waals surface area contributed by atoms with E-state index in [1.807, 2.05) is 29.2 Å². The van der Waals surface area contributed by atoms with Crippen molar-refractivity contribution >= 4 is 27.6 Å². The molecular formula is C16H22BrN3O. The Morgan fingerprint density at radius 3 is 2.43 bits per heavy atom. The molecule has 0 spiro atoms. The number of hydrogen-bond donors (Lipinski definition) is 1. The van der Waals surface area contributed by atoms with Crippen LogP contribution in [-0.4, -0.2) is 48.1 Å². The number of benzene rings is 1. The molecule has 1 aromatic rings. The summed E-state index contributed by atoms with van der Waals surface area (Å²) in [5, 5.41) is 2.99. The summed E-state index contributed by atoms with van der Waals surface area (Å²) in [6.45, 7) is 3.67. The summed E-state index contributed by atoms with van der Waals surface area (Å²) in [7, 11) is 0. The summed E-state index contributed by atoms with van der Waals surface area (Å²) >= 11 is 3.46. The molecular weight excluding hydrogens is 330 g/mol. The van der Waals surface area contributed by atoms with Crippen LogP contribution >= 0.6 is 15.9 Å². The van der Waals surface area contributed by atoms with E-state index < -0.39 is 0 Å². The highest BCUT2D eigenvalue weighted by atomic mass is 79.9. The molecule has 114 valence electrons. The first-order valence-electron chi connectivity index (χ1n) is 7.78. The summed E-state index contributed by atoms with van der Waals surface area (Å²) < 4.78 is 0.919. The van der Waals surface area contributed by atoms with Crippen LogP contribution in [0.5, 0.6) is 0 Å². The highest BCUT2D eigenvalue weighted by Crippen LogP contribution is 2.25. The monoisotopic (exact) mass is 351 g/mol. The summed E-state index contributed by atoms with van der Waals surface area (Å²) in [6.07, 6.45) is 5.41. The lowest BCUT2D eigenvalue weighted by Crippen LogP contribution is -2.52. The van der Waals surface area contributed by atoms with Crippen molar-refractivity contribution in [3.05, 3.63) is 28.7 Å². The highest BCUT2D eigenvalue weighted by Gasteiger charge is 2.27. The van der Waals surface area contributed by atoms with Crippen molar-refractivity contribution in [2.75, 3.05) is 31.5 Å². The molecule has 1 aliphatic carbocycles. The van der Waals surface area contributed by atoms with Crippen molar-refractivity contribution in [2.24, 2.45) is 0 Å². The van der Waals surface area contributed by atoms with Crippen molar-refractivity contribution in [1.29, 1.82) is 0 Å². The van der Waals surface area contributed by atoms with Crippen LogP contribution in [0.2, 0.25) is 0 Å². The van der Waals surface area contributed by atoms with Gasteiger partial charge in [0.25, 0.3) is 0 Å². The molecule has 0 atom stereocenters. The van der Waals surface area contributed by atoms with Gasteiger partial charge in [0.1, 0.15) is 0 Å². The van der Waals surface area contributed by atoms with Gasteiger partial charge in [-0.2, -0.15) is 0 Å². The third-order valence-electron chi connectivity index (χ3n) is 4.56. The van der Waals surface area contributed by atoms with Crippen LogP contribution in [0.4, 0.5) is 10.5 Å². The number of hydrogen-bond acceptors (Lipinski definition) is 2. The molecule has 1 saturated heterocycles. The number of piperazine rings is 1. The zero-order valence-electron chi connectivity index (χ0n) is 12.2. The first kappa shape index (κ1) is 14.9. The zero-order chi connectivity index (χ0) is 14.7. The van der Waals surface area contributed by atoms with Gasteiger partial charge in [-0.05, 0) is 40.9 Å². The number of nitrogens with one attached hydrogen (secondary N) is 1. The minimum Gasteiger partial charge on any atom is -0.322 e. The Bertz CT molecular complexity index is 494. The maximum absolute atomic E-state index is 12.3. The molecule has 1 aromatic carbocycles. The molecule has 1 heterocycles. The lowest BCUT2D eigenvalue weighted by Gasteiger charge is -2.38. The molecule has 21 heavy (non-hydrogen) atoms. The number of carbonyl (C=O) groups is 1. The molecule has 0 aromatic heterocycles. The van der Waals surface area contributed by atoms with Crippen molar-refractivity contribution in [1.82, 2.24) is 9.80 Å². The Kier molecular flexibility index (Phi) is 4.80. The standard InChI is InChI=1S/C16H22BrN3O/c17-14-7-3-4-8-15(14)18-16(21)20-11-9-19(10-12-20)13-5-1-2-6-13/h3-4,7-8,13H,1-2,5-6,9-12H2,(H,18,21). The first-order valence-corrected chi connectivity index (χ1v) is 8.58. The van der Waals surface area contributed by atoms with Gasteiger partial charge in [-0.1, -0.05) is 25.0 Å². The fourth-order valence-corrected chi connectivity index (χ4v) is 3.70. The molecule has 5 heteroatoms. The van der Waals surface area contributed by atoms with E-state index >= 15 is 0 Å². The highest BCUT2D eigenvalue weighted by molar-refractivity contribution is 9.10. The molecule has 4 nitrogen and oxygen atoms in total. The van der Waals surface area contributed by atoms with Gasteiger partial charge in [0.2, 0.25) is 0 Å². The van der Waals surface area contributed by atoms with Gasteiger partial charge < -0.3 is 10.2 Å².